The van der Waals surface area contributed by atoms with E-state index in [2.05, 4.69) is 0 Å². The molecule has 126 valence electrons. The van der Waals surface area contributed by atoms with E-state index in [1.807, 2.05) is 30.3 Å². The molecular weight excluding hydrogens is 322 g/mol. The minimum Gasteiger partial charge on any atom is -0.491 e. The van der Waals surface area contributed by atoms with Crippen molar-refractivity contribution in [2.45, 2.75) is 18.4 Å². The molecule has 0 radical (unpaired) electrons. The maximum atomic E-state index is 13.5. The Morgan fingerprint density at radius 1 is 1.08 bits per heavy atom. The van der Waals surface area contributed by atoms with Gasteiger partial charge in [-0.3, -0.25) is 4.79 Å². The Bertz CT molecular complexity index is 924. The van der Waals surface area contributed by atoms with Crippen molar-refractivity contribution >= 4 is 17.9 Å². The number of benzene rings is 2. The fourth-order valence-corrected chi connectivity index (χ4v) is 3.98. The van der Waals surface area contributed by atoms with E-state index >= 15 is 0 Å². The number of ether oxygens (including phenoxy) is 3. The van der Waals surface area contributed by atoms with Gasteiger partial charge in [0, 0.05) is 17.3 Å². The number of anilines is 1. The molecule has 2 atom stereocenters. The van der Waals surface area contributed by atoms with Crippen molar-refractivity contribution in [2.75, 3.05) is 18.3 Å². The number of fused-ring (bicyclic) bond motifs is 5. The molecule has 0 fully saturated rings. The van der Waals surface area contributed by atoms with Crippen molar-refractivity contribution < 1.29 is 23.8 Å². The fourth-order valence-electron chi connectivity index (χ4n) is 3.98. The van der Waals surface area contributed by atoms with Crippen LogP contribution in [0.1, 0.15) is 18.1 Å². The highest BCUT2D eigenvalue weighted by atomic mass is 16.7. The fraction of sp³-hybridized carbons (Fsp3) is 0.263. The molecule has 2 unspecified atom stereocenters. The zero-order valence-electron chi connectivity index (χ0n) is 13.5. The van der Waals surface area contributed by atoms with E-state index in [9.17, 15) is 9.59 Å². The molecule has 0 saturated heterocycles. The Morgan fingerprint density at radius 2 is 1.84 bits per heavy atom. The summed E-state index contributed by atoms with van der Waals surface area (Å²) < 4.78 is 16.8. The van der Waals surface area contributed by atoms with Crippen LogP contribution < -0.4 is 19.1 Å². The Hall–Kier alpha value is -3.02. The number of nitrogens with zero attached hydrogens (tertiary/aromatic N) is 1. The summed E-state index contributed by atoms with van der Waals surface area (Å²) in [5.41, 5.74) is 1.41. The molecule has 2 aromatic rings. The number of carbonyl (C=O) groups excluding carboxylic acids is 2. The van der Waals surface area contributed by atoms with Crippen LogP contribution in [0.5, 0.6) is 17.2 Å². The van der Waals surface area contributed by atoms with Crippen LogP contribution in [-0.2, 0) is 15.0 Å². The van der Waals surface area contributed by atoms with E-state index in [4.69, 9.17) is 14.2 Å². The van der Waals surface area contributed by atoms with E-state index in [1.54, 1.807) is 17.9 Å². The minimum absolute atomic E-state index is 0.147. The molecule has 0 bridgehead atoms. The molecule has 3 aliphatic heterocycles. The predicted octanol–water partition coefficient (Wildman–Crippen LogP) is 2.03. The molecule has 3 heterocycles. The van der Waals surface area contributed by atoms with Crippen LogP contribution in [0, 0.1) is 0 Å². The number of hydrogen-bond acceptors (Lipinski definition) is 5. The average Bonchev–Trinajstić information content (AvgIpc) is 3.30. The Balaban J connectivity index is 1.76. The summed E-state index contributed by atoms with van der Waals surface area (Å²) in [6.45, 7) is 2.07. The van der Waals surface area contributed by atoms with Crippen molar-refractivity contribution in [2.24, 2.45) is 0 Å². The Kier molecular flexibility index (Phi) is 2.72. The largest absolute Gasteiger partial charge is 0.491 e. The number of amides is 1. The predicted molar refractivity (Wildman–Crippen MR) is 88.3 cm³/mol. The van der Waals surface area contributed by atoms with Gasteiger partial charge in [-0.2, -0.15) is 0 Å². The van der Waals surface area contributed by atoms with Gasteiger partial charge in [0.2, 0.25) is 12.7 Å². The van der Waals surface area contributed by atoms with Gasteiger partial charge in [-0.25, -0.2) is 0 Å². The van der Waals surface area contributed by atoms with Crippen LogP contribution in [0.25, 0.3) is 0 Å². The van der Waals surface area contributed by atoms with Gasteiger partial charge in [0.15, 0.2) is 11.5 Å². The van der Waals surface area contributed by atoms with Crippen molar-refractivity contribution in [3.63, 3.8) is 0 Å². The van der Waals surface area contributed by atoms with Crippen molar-refractivity contribution in [3.05, 3.63) is 47.5 Å². The van der Waals surface area contributed by atoms with Crippen LogP contribution in [0.15, 0.2) is 36.4 Å². The standard InChI is InChI=1S/C19H15NO5/c1-11(8-21)20-14-5-3-2-4-12(14)19(18(20)22)9-23-15-7-17-16(6-13(15)19)24-10-25-17/h2-8,11H,9-10H2,1H3. The molecule has 1 amide bonds. The van der Waals surface area contributed by atoms with Crippen LogP contribution in [0.3, 0.4) is 0 Å². The number of aldehydes is 1. The smallest absolute Gasteiger partial charge is 0.246 e. The van der Waals surface area contributed by atoms with Crippen molar-refractivity contribution in [1.29, 1.82) is 0 Å². The minimum atomic E-state index is -0.954. The van der Waals surface area contributed by atoms with E-state index in [-0.39, 0.29) is 19.3 Å². The summed E-state index contributed by atoms with van der Waals surface area (Å²) in [4.78, 5) is 26.4. The number of hydrogen-bond donors (Lipinski definition) is 0. The molecule has 6 nitrogen and oxygen atoms in total. The molecule has 1 spiro atoms. The van der Waals surface area contributed by atoms with Gasteiger partial charge in [0.05, 0.1) is 6.04 Å². The summed E-state index contributed by atoms with van der Waals surface area (Å²) >= 11 is 0. The molecule has 0 aromatic heterocycles. The number of para-hydroxylation sites is 1. The Labute approximate surface area is 143 Å². The first-order chi connectivity index (χ1) is 12.2. The highest BCUT2D eigenvalue weighted by Crippen LogP contribution is 2.55. The van der Waals surface area contributed by atoms with Crippen LogP contribution in [-0.4, -0.2) is 31.6 Å². The Morgan fingerprint density at radius 3 is 2.64 bits per heavy atom. The second-order valence-corrected chi connectivity index (χ2v) is 6.46. The quantitative estimate of drug-likeness (QED) is 0.785. The highest BCUT2D eigenvalue weighted by Gasteiger charge is 2.58. The molecule has 0 aliphatic carbocycles. The number of rotatable bonds is 2. The van der Waals surface area contributed by atoms with Gasteiger partial charge >= 0.3 is 0 Å². The summed E-state index contributed by atoms with van der Waals surface area (Å²) in [7, 11) is 0. The van der Waals surface area contributed by atoms with E-state index in [1.165, 1.54) is 0 Å². The third-order valence-corrected chi connectivity index (χ3v) is 5.19. The summed E-state index contributed by atoms with van der Waals surface area (Å²) in [5, 5.41) is 0. The molecule has 3 aliphatic rings. The monoisotopic (exact) mass is 337 g/mol. The molecule has 6 heteroatoms. The molecule has 0 N–H and O–H groups in total. The SMILES string of the molecule is CC(C=O)N1C(=O)C2(COc3cc4c(cc32)OCO4)c2ccccc21. The van der Waals surface area contributed by atoms with Crippen molar-refractivity contribution in [1.82, 2.24) is 0 Å². The van der Waals surface area contributed by atoms with E-state index in [0.717, 1.165) is 23.1 Å². The lowest BCUT2D eigenvalue weighted by atomic mass is 9.77. The first kappa shape index (κ1) is 14.3. The normalized spacial score (nSPS) is 23.4. The maximum Gasteiger partial charge on any atom is 0.246 e. The van der Waals surface area contributed by atoms with E-state index in [0.29, 0.717) is 17.2 Å². The second kappa shape index (κ2) is 4.75. The van der Waals surface area contributed by atoms with Crippen LogP contribution >= 0.6 is 0 Å². The first-order valence-electron chi connectivity index (χ1n) is 8.12. The lowest BCUT2D eigenvalue weighted by Crippen LogP contribution is -2.46. The first-order valence-corrected chi connectivity index (χ1v) is 8.12. The average molecular weight is 337 g/mol. The molecule has 2 aromatic carbocycles. The third kappa shape index (κ3) is 1.64. The molecular formula is C19H15NO5. The lowest BCUT2D eigenvalue weighted by molar-refractivity contribution is -0.123. The van der Waals surface area contributed by atoms with Crippen LogP contribution in [0.4, 0.5) is 5.69 Å². The highest BCUT2D eigenvalue weighted by molar-refractivity contribution is 6.13. The van der Waals surface area contributed by atoms with Gasteiger partial charge < -0.3 is 23.9 Å². The van der Waals surface area contributed by atoms with Crippen molar-refractivity contribution in [3.8, 4) is 17.2 Å². The second-order valence-electron chi connectivity index (χ2n) is 6.46. The van der Waals surface area contributed by atoms with Gasteiger partial charge in [0.25, 0.3) is 0 Å². The molecule has 25 heavy (non-hydrogen) atoms. The van der Waals surface area contributed by atoms with Gasteiger partial charge in [-0.05, 0) is 24.6 Å². The topological polar surface area (TPSA) is 65.1 Å². The van der Waals surface area contributed by atoms with Gasteiger partial charge in [-0.1, -0.05) is 18.2 Å². The zero-order valence-corrected chi connectivity index (χ0v) is 13.5. The summed E-state index contributed by atoms with van der Waals surface area (Å²) in [6.07, 6.45) is 0.782. The lowest BCUT2D eigenvalue weighted by Gasteiger charge is -2.25. The van der Waals surface area contributed by atoms with Gasteiger partial charge in [-0.15, -0.1) is 0 Å². The van der Waals surface area contributed by atoms with Crippen LogP contribution in [0.2, 0.25) is 0 Å². The number of carbonyl (C=O) groups is 2. The third-order valence-electron chi connectivity index (χ3n) is 5.19. The van der Waals surface area contributed by atoms with Gasteiger partial charge in [0.1, 0.15) is 24.1 Å². The maximum absolute atomic E-state index is 13.5. The van der Waals surface area contributed by atoms with E-state index < -0.39 is 11.5 Å². The summed E-state index contributed by atoms with van der Waals surface area (Å²) in [5.74, 6) is 1.70. The zero-order chi connectivity index (χ0) is 17.2. The molecule has 0 saturated carbocycles. The summed E-state index contributed by atoms with van der Waals surface area (Å²) in [6, 6.07) is 10.6. The molecule has 5 rings (SSSR count).